The molecule has 0 fully saturated rings. The van der Waals surface area contributed by atoms with Gasteiger partial charge in [-0.05, 0) is 18.8 Å². The van der Waals surface area contributed by atoms with Crippen molar-refractivity contribution in [3.8, 4) is 6.07 Å². The summed E-state index contributed by atoms with van der Waals surface area (Å²) in [4.78, 5) is 0. The number of hydrogen-bond acceptors (Lipinski definition) is 1. The fourth-order valence-corrected chi connectivity index (χ4v) is 1.84. The Kier molecular flexibility index (Phi) is 1.14. The van der Waals surface area contributed by atoms with Gasteiger partial charge in [-0.1, -0.05) is 18.2 Å². The van der Waals surface area contributed by atoms with Gasteiger partial charge in [-0.2, -0.15) is 5.26 Å². The number of rotatable bonds is 0. The highest BCUT2D eigenvalue weighted by atomic mass is 14.4. The second-order valence-corrected chi connectivity index (χ2v) is 2.96. The summed E-state index contributed by atoms with van der Waals surface area (Å²) in [7, 11) is 0. The Morgan fingerprint density at radius 1 is 1.50 bits per heavy atom. The van der Waals surface area contributed by atoms with Gasteiger partial charge in [0.25, 0.3) is 0 Å². The molecule has 10 heavy (non-hydrogen) atoms. The maximum Gasteiger partial charge on any atom is 0.0950 e. The average Bonchev–Trinajstić information content (AvgIpc) is 2.44. The second-order valence-electron chi connectivity index (χ2n) is 2.96. The topological polar surface area (TPSA) is 23.8 Å². The van der Waals surface area contributed by atoms with Gasteiger partial charge in [0.05, 0.1) is 6.07 Å². The van der Waals surface area contributed by atoms with Crippen LogP contribution in [0.2, 0.25) is 0 Å². The van der Waals surface area contributed by atoms with Crippen molar-refractivity contribution in [2.24, 2.45) is 11.8 Å². The van der Waals surface area contributed by atoms with Gasteiger partial charge in [-0.3, -0.25) is 0 Å². The van der Waals surface area contributed by atoms with Gasteiger partial charge in [0.2, 0.25) is 0 Å². The molecule has 0 saturated carbocycles. The molecule has 0 bridgehead atoms. The Balaban J connectivity index is 2.27. The zero-order valence-corrected chi connectivity index (χ0v) is 5.75. The first kappa shape index (κ1) is 5.73. The van der Waals surface area contributed by atoms with Crippen molar-refractivity contribution in [2.45, 2.75) is 12.8 Å². The molecule has 2 aliphatic rings. The van der Waals surface area contributed by atoms with Crippen LogP contribution in [0.3, 0.4) is 0 Å². The lowest BCUT2D eigenvalue weighted by molar-refractivity contribution is 0.519. The molecule has 50 valence electrons. The number of nitrogens with zero attached hydrogens (tertiary/aromatic N) is 1. The van der Waals surface area contributed by atoms with Crippen molar-refractivity contribution in [3.05, 3.63) is 23.8 Å². The van der Waals surface area contributed by atoms with Crippen molar-refractivity contribution in [3.63, 3.8) is 0 Å². The van der Waals surface area contributed by atoms with Crippen molar-refractivity contribution in [1.82, 2.24) is 0 Å². The summed E-state index contributed by atoms with van der Waals surface area (Å²) in [6.45, 7) is 0. The summed E-state index contributed by atoms with van der Waals surface area (Å²) in [6.07, 6.45) is 8.73. The summed E-state index contributed by atoms with van der Waals surface area (Å²) < 4.78 is 0. The summed E-state index contributed by atoms with van der Waals surface area (Å²) >= 11 is 0. The van der Waals surface area contributed by atoms with Crippen LogP contribution in [0.1, 0.15) is 12.8 Å². The fourth-order valence-electron chi connectivity index (χ4n) is 1.84. The molecule has 2 atom stereocenters. The van der Waals surface area contributed by atoms with Gasteiger partial charge in [-0.15, -0.1) is 0 Å². The van der Waals surface area contributed by atoms with E-state index < -0.39 is 0 Å². The van der Waals surface area contributed by atoms with Crippen LogP contribution in [0.4, 0.5) is 0 Å². The van der Waals surface area contributed by atoms with Crippen LogP contribution in [-0.2, 0) is 0 Å². The molecule has 2 rings (SSSR count). The minimum absolute atomic E-state index is 0.477. The first-order valence-electron chi connectivity index (χ1n) is 3.68. The normalized spacial score (nSPS) is 35.3. The van der Waals surface area contributed by atoms with Gasteiger partial charge in [0.15, 0.2) is 0 Å². The summed E-state index contributed by atoms with van der Waals surface area (Å²) in [5.74, 6) is 1.21. The van der Waals surface area contributed by atoms with Gasteiger partial charge in [-0.25, -0.2) is 0 Å². The average molecular weight is 131 g/mol. The monoisotopic (exact) mass is 131 g/mol. The van der Waals surface area contributed by atoms with E-state index in [4.69, 9.17) is 5.26 Å². The van der Waals surface area contributed by atoms with Gasteiger partial charge >= 0.3 is 0 Å². The van der Waals surface area contributed by atoms with Crippen LogP contribution in [0.25, 0.3) is 0 Å². The van der Waals surface area contributed by atoms with Crippen molar-refractivity contribution >= 4 is 0 Å². The lowest BCUT2D eigenvalue weighted by atomic mass is 9.95. The SMILES string of the molecule is N#CC1=CC[C@H]2CC=C[C@@H]12. The van der Waals surface area contributed by atoms with E-state index in [1.54, 1.807) is 0 Å². The van der Waals surface area contributed by atoms with E-state index in [1.807, 2.05) is 0 Å². The molecule has 2 aliphatic carbocycles. The molecule has 0 aromatic rings. The first-order valence-corrected chi connectivity index (χ1v) is 3.68. The highest BCUT2D eigenvalue weighted by Gasteiger charge is 2.29. The van der Waals surface area contributed by atoms with Crippen LogP contribution in [0.15, 0.2) is 23.8 Å². The second kappa shape index (κ2) is 1.98. The third kappa shape index (κ3) is 0.623. The Morgan fingerprint density at radius 2 is 2.40 bits per heavy atom. The highest BCUT2D eigenvalue weighted by molar-refractivity contribution is 5.34. The lowest BCUT2D eigenvalue weighted by Gasteiger charge is -2.07. The number of nitriles is 1. The zero-order chi connectivity index (χ0) is 6.97. The van der Waals surface area contributed by atoms with E-state index in [2.05, 4.69) is 24.3 Å². The molecule has 0 radical (unpaired) electrons. The van der Waals surface area contributed by atoms with Crippen LogP contribution in [0, 0.1) is 23.2 Å². The van der Waals surface area contributed by atoms with Crippen LogP contribution in [-0.4, -0.2) is 0 Å². The Labute approximate surface area is 60.7 Å². The molecule has 0 N–H and O–H groups in total. The predicted octanol–water partition coefficient (Wildman–Crippen LogP) is 2.03. The van der Waals surface area contributed by atoms with Gasteiger partial charge < -0.3 is 0 Å². The molecule has 0 unspecified atom stereocenters. The molecular weight excluding hydrogens is 122 g/mol. The quantitative estimate of drug-likeness (QED) is 0.461. The highest BCUT2D eigenvalue weighted by Crippen LogP contribution is 2.39. The molecule has 0 aromatic carbocycles. The number of fused-ring (bicyclic) bond motifs is 1. The summed E-state index contributed by atoms with van der Waals surface area (Å²) in [5.41, 5.74) is 0.985. The largest absolute Gasteiger partial charge is 0.193 e. The molecule has 0 amide bonds. The first-order chi connectivity index (χ1) is 4.92. The minimum atomic E-state index is 0.477. The molecule has 0 aliphatic heterocycles. The molecule has 1 heteroatoms. The van der Waals surface area contributed by atoms with Crippen molar-refractivity contribution in [2.75, 3.05) is 0 Å². The number of hydrogen-bond donors (Lipinski definition) is 0. The molecule has 1 nitrogen and oxygen atoms in total. The molecule has 0 heterocycles. The van der Waals surface area contributed by atoms with E-state index in [0.717, 1.165) is 17.9 Å². The van der Waals surface area contributed by atoms with Gasteiger partial charge in [0.1, 0.15) is 0 Å². The standard InChI is InChI=1S/C9H9N/c10-6-8-5-4-7-2-1-3-9(7)8/h1,3,5,7,9H,2,4H2/t7-,9-/m1/s1. The van der Waals surface area contributed by atoms with Crippen LogP contribution >= 0.6 is 0 Å². The molecule has 0 saturated heterocycles. The fraction of sp³-hybridized carbons (Fsp3) is 0.444. The minimum Gasteiger partial charge on any atom is -0.193 e. The van der Waals surface area contributed by atoms with Gasteiger partial charge in [0, 0.05) is 11.5 Å². The molecule has 0 spiro atoms. The zero-order valence-electron chi connectivity index (χ0n) is 5.75. The van der Waals surface area contributed by atoms with Crippen LogP contribution < -0.4 is 0 Å². The van der Waals surface area contributed by atoms with E-state index >= 15 is 0 Å². The van der Waals surface area contributed by atoms with E-state index in [0.29, 0.717) is 5.92 Å². The van der Waals surface area contributed by atoms with Crippen molar-refractivity contribution in [1.29, 1.82) is 5.26 Å². The maximum atomic E-state index is 8.66. The van der Waals surface area contributed by atoms with E-state index in [-0.39, 0.29) is 0 Å². The molecule has 0 aromatic heterocycles. The lowest BCUT2D eigenvalue weighted by Crippen LogP contribution is -2.01. The Hall–Kier alpha value is -1.03. The maximum absolute atomic E-state index is 8.66. The van der Waals surface area contributed by atoms with Crippen LogP contribution in [0.5, 0.6) is 0 Å². The smallest absolute Gasteiger partial charge is 0.0950 e. The Morgan fingerprint density at radius 3 is 3.20 bits per heavy atom. The number of allylic oxidation sites excluding steroid dienone is 4. The third-order valence-corrected chi connectivity index (χ3v) is 2.42. The predicted molar refractivity (Wildman–Crippen MR) is 39.1 cm³/mol. The summed E-state index contributed by atoms with van der Waals surface area (Å²) in [6, 6.07) is 2.25. The van der Waals surface area contributed by atoms with E-state index in [9.17, 15) is 0 Å². The Bertz CT molecular complexity index is 242. The van der Waals surface area contributed by atoms with Crippen molar-refractivity contribution < 1.29 is 0 Å². The third-order valence-electron chi connectivity index (χ3n) is 2.42. The molecular formula is C9H9N. The van der Waals surface area contributed by atoms with E-state index in [1.165, 1.54) is 6.42 Å². The summed E-state index contributed by atoms with van der Waals surface area (Å²) in [5, 5.41) is 8.66.